The summed E-state index contributed by atoms with van der Waals surface area (Å²) < 4.78 is 14.8. The van der Waals surface area contributed by atoms with Gasteiger partial charge in [-0.3, -0.25) is 4.90 Å². The SMILES string of the molecule is CCCCn1c(-c2ccc(OC3=CCC(C)(c4ccccc4)C=C3)cc2)nc2ccc(OCCN3CCNCC3)cc21. The highest BCUT2D eigenvalue weighted by Gasteiger charge is 2.25. The number of ether oxygens (including phenoxy) is 2. The molecule has 2 heterocycles. The summed E-state index contributed by atoms with van der Waals surface area (Å²) in [6.45, 7) is 11.3. The van der Waals surface area contributed by atoms with E-state index in [2.05, 4.69) is 101 Å². The van der Waals surface area contributed by atoms with Crippen molar-refractivity contribution in [1.29, 1.82) is 0 Å². The van der Waals surface area contributed by atoms with E-state index in [0.29, 0.717) is 6.61 Å². The molecule has 1 aliphatic heterocycles. The van der Waals surface area contributed by atoms with Crippen LogP contribution in [0.5, 0.6) is 11.5 Å². The number of hydrogen-bond acceptors (Lipinski definition) is 5. The Balaban J connectivity index is 1.15. The highest BCUT2D eigenvalue weighted by molar-refractivity contribution is 5.82. The van der Waals surface area contributed by atoms with Gasteiger partial charge >= 0.3 is 0 Å². The van der Waals surface area contributed by atoms with Gasteiger partial charge in [-0.1, -0.05) is 56.7 Å². The molecule has 1 unspecified atom stereocenters. The van der Waals surface area contributed by atoms with Crippen molar-refractivity contribution in [2.45, 2.75) is 45.1 Å². The summed E-state index contributed by atoms with van der Waals surface area (Å²) in [7, 11) is 0. The molecule has 1 aromatic heterocycles. The van der Waals surface area contributed by atoms with Crippen molar-refractivity contribution < 1.29 is 9.47 Å². The van der Waals surface area contributed by atoms with Crippen LogP contribution in [0.2, 0.25) is 0 Å². The normalized spacial score (nSPS) is 19.1. The summed E-state index contributed by atoms with van der Waals surface area (Å²) in [5.74, 6) is 3.60. The molecule has 0 radical (unpaired) electrons. The van der Waals surface area contributed by atoms with E-state index in [4.69, 9.17) is 14.5 Å². The van der Waals surface area contributed by atoms with Gasteiger partial charge in [-0.05, 0) is 67.0 Å². The molecular formula is C36H42N4O2. The lowest BCUT2D eigenvalue weighted by molar-refractivity contribution is 0.191. The summed E-state index contributed by atoms with van der Waals surface area (Å²) >= 11 is 0. The number of aryl methyl sites for hydroxylation is 1. The first-order valence-corrected chi connectivity index (χ1v) is 15.4. The minimum absolute atomic E-state index is 0.00845. The monoisotopic (exact) mass is 562 g/mol. The van der Waals surface area contributed by atoms with Gasteiger partial charge in [0, 0.05) is 56.3 Å². The second-order valence-corrected chi connectivity index (χ2v) is 11.6. The number of nitrogens with one attached hydrogen (secondary N) is 1. The molecule has 218 valence electrons. The van der Waals surface area contributed by atoms with Crippen LogP contribution in [-0.2, 0) is 12.0 Å². The van der Waals surface area contributed by atoms with Crippen LogP contribution in [0.4, 0.5) is 0 Å². The zero-order valence-electron chi connectivity index (χ0n) is 24.9. The van der Waals surface area contributed by atoms with Gasteiger partial charge in [-0.2, -0.15) is 0 Å². The zero-order valence-corrected chi connectivity index (χ0v) is 24.9. The quantitative estimate of drug-likeness (QED) is 0.214. The number of piperazine rings is 1. The molecule has 4 aromatic rings. The average Bonchev–Trinajstić information content (AvgIpc) is 3.40. The molecule has 1 N–H and O–H groups in total. The third kappa shape index (κ3) is 6.45. The van der Waals surface area contributed by atoms with E-state index in [1.54, 1.807) is 0 Å². The fraction of sp³-hybridized carbons (Fsp3) is 0.361. The van der Waals surface area contributed by atoms with Gasteiger partial charge in [0.05, 0.1) is 11.0 Å². The number of allylic oxidation sites excluding steroid dienone is 3. The smallest absolute Gasteiger partial charge is 0.141 e. The lowest BCUT2D eigenvalue weighted by Gasteiger charge is -2.28. The van der Waals surface area contributed by atoms with Crippen molar-refractivity contribution in [2.24, 2.45) is 0 Å². The van der Waals surface area contributed by atoms with Crippen molar-refractivity contribution in [2.75, 3.05) is 39.3 Å². The zero-order chi connectivity index (χ0) is 28.8. The maximum atomic E-state index is 6.25. The molecule has 3 aromatic carbocycles. The lowest BCUT2D eigenvalue weighted by atomic mass is 9.77. The van der Waals surface area contributed by atoms with Gasteiger partial charge in [0.2, 0.25) is 0 Å². The van der Waals surface area contributed by atoms with Gasteiger partial charge in [-0.25, -0.2) is 4.98 Å². The first-order valence-electron chi connectivity index (χ1n) is 15.4. The molecule has 42 heavy (non-hydrogen) atoms. The van der Waals surface area contributed by atoms with Crippen LogP contribution >= 0.6 is 0 Å². The first kappa shape index (κ1) is 28.3. The second-order valence-electron chi connectivity index (χ2n) is 11.6. The Bertz CT molecular complexity index is 1530. The number of imidazole rings is 1. The molecule has 6 nitrogen and oxygen atoms in total. The van der Waals surface area contributed by atoms with Gasteiger partial charge in [-0.15, -0.1) is 0 Å². The van der Waals surface area contributed by atoms with E-state index in [1.165, 1.54) is 5.56 Å². The molecule has 6 rings (SSSR count). The van der Waals surface area contributed by atoms with E-state index in [1.807, 2.05) is 18.2 Å². The Labute approximate surface area is 249 Å². The molecule has 6 heteroatoms. The predicted molar refractivity (Wildman–Crippen MR) is 171 cm³/mol. The highest BCUT2D eigenvalue weighted by atomic mass is 16.5. The summed E-state index contributed by atoms with van der Waals surface area (Å²) in [5.41, 5.74) is 4.51. The van der Waals surface area contributed by atoms with Crippen LogP contribution < -0.4 is 14.8 Å². The highest BCUT2D eigenvalue weighted by Crippen LogP contribution is 2.35. The Kier molecular flexibility index (Phi) is 8.73. The molecule has 2 aliphatic rings. The number of fused-ring (bicyclic) bond motifs is 1. The molecule has 1 atom stereocenters. The van der Waals surface area contributed by atoms with Crippen LogP contribution in [0, 0.1) is 0 Å². The van der Waals surface area contributed by atoms with E-state index in [-0.39, 0.29) is 5.41 Å². The van der Waals surface area contributed by atoms with Crippen molar-refractivity contribution >= 4 is 11.0 Å². The maximum absolute atomic E-state index is 6.25. The van der Waals surface area contributed by atoms with Crippen LogP contribution in [0.15, 0.2) is 96.8 Å². The largest absolute Gasteiger partial charge is 0.492 e. The number of benzene rings is 3. The van der Waals surface area contributed by atoms with Gasteiger partial charge in [0.15, 0.2) is 0 Å². The van der Waals surface area contributed by atoms with E-state index < -0.39 is 0 Å². The van der Waals surface area contributed by atoms with Gasteiger partial charge < -0.3 is 19.4 Å². The standard InChI is InChI=1S/C36H42N4O2/c1-3-4-22-40-34-27-32(41-26-25-39-23-20-37-21-24-39)14-15-33(34)38-35(40)28-10-12-30(13-11-28)42-31-16-18-36(2,19-17-31)29-8-6-5-7-9-29/h5-18,27,37H,3-4,19-26H2,1-2H3. The van der Waals surface area contributed by atoms with Crippen LogP contribution in [-0.4, -0.2) is 53.8 Å². The Morgan fingerprint density at radius 2 is 1.71 bits per heavy atom. The van der Waals surface area contributed by atoms with E-state index in [9.17, 15) is 0 Å². The number of unbranched alkanes of at least 4 members (excludes halogenated alkanes) is 1. The van der Waals surface area contributed by atoms with Crippen molar-refractivity contribution in [3.05, 3.63) is 102 Å². The second kappa shape index (κ2) is 13.0. The van der Waals surface area contributed by atoms with E-state index >= 15 is 0 Å². The van der Waals surface area contributed by atoms with E-state index in [0.717, 1.165) is 98.2 Å². The minimum atomic E-state index is -0.00845. The molecule has 0 amide bonds. The third-order valence-electron chi connectivity index (χ3n) is 8.47. The van der Waals surface area contributed by atoms with Crippen LogP contribution in [0.3, 0.4) is 0 Å². The summed E-state index contributed by atoms with van der Waals surface area (Å²) in [4.78, 5) is 7.50. The topological polar surface area (TPSA) is 51.6 Å². The first-order chi connectivity index (χ1) is 20.6. The molecule has 1 fully saturated rings. The average molecular weight is 563 g/mol. The molecule has 1 saturated heterocycles. The molecule has 0 saturated carbocycles. The van der Waals surface area contributed by atoms with Gasteiger partial charge in [0.25, 0.3) is 0 Å². The Morgan fingerprint density at radius 3 is 2.45 bits per heavy atom. The fourth-order valence-corrected chi connectivity index (χ4v) is 5.81. The van der Waals surface area contributed by atoms with Gasteiger partial charge in [0.1, 0.15) is 29.7 Å². The number of hydrogen-bond donors (Lipinski definition) is 1. The third-order valence-corrected chi connectivity index (χ3v) is 8.47. The van der Waals surface area contributed by atoms with Crippen molar-refractivity contribution in [3.8, 4) is 22.9 Å². The maximum Gasteiger partial charge on any atom is 0.141 e. The van der Waals surface area contributed by atoms with Crippen molar-refractivity contribution in [3.63, 3.8) is 0 Å². The molecular weight excluding hydrogens is 520 g/mol. The van der Waals surface area contributed by atoms with Crippen molar-refractivity contribution in [1.82, 2.24) is 19.8 Å². The Hall–Kier alpha value is -3.87. The number of rotatable bonds is 11. The molecule has 0 bridgehead atoms. The molecule has 1 aliphatic carbocycles. The Morgan fingerprint density at radius 1 is 0.929 bits per heavy atom. The van der Waals surface area contributed by atoms with Crippen LogP contribution in [0.25, 0.3) is 22.4 Å². The molecule has 0 spiro atoms. The fourth-order valence-electron chi connectivity index (χ4n) is 5.81. The summed E-state index contributed by atoms with van der Waals surface area (Å²) in [5, 5.41) is 3.41. The lowest BCUT2D eigenvalue weighted by Crippen LogP contribution is -2.44. The minimum Gasteiger partial charge on any atom is -0.492 e. The summed E-state index contributed by atoms with van der Waals surface area (Å²) in [6, 6.07) is 25.3. The van der Waals surface area contributed by atoms with Crippen LogP contribution in [0.1, 0.15) is 38.7 Å². The number of nitrogens with zero attached hydrogens (tertiary/aromatic N) is 3. The predicted octanol–water partition coefficient (Wildman–Crippen LogP) is 6.97. The summed E-state index contributed by atoms with van der Waals surface area (Å²) in [6.07, 6.45) is 9.66. The number of aromatic nitrogens is 2.